The largest absolute Gasteiger partial charge is 0.358 e. The maximum Gasteiger partial charge on any atom is 0.332 e. The minimum absolute atomic E-state index is 0.258. The summed E-state index contributed by atoms with van der Waals surface area (Å²) in [5.41, 5.74) is 5.77. The zero-order chi connectivity index (χ0) is 18.5. The summed E-state index contributed by atoms with van der Waals surface area (Å²) < 4.78 is 26.9. The van der Waals surface area contributed by atoms with Gasteiger partial charge in [0, 0.05) is 18.8 Å². The molecule has 0 spiro atoms. The second-order valence-electron chi connectivity index (χ2n) is 7.45. The number of rotatable bonds is 3. The number of hydrogen-bond acceptors (Lipinski definition) is 4. The van der Waals surface area contributed by atoms with E-state index in [2.05, 4.69) is 16.1 Å². The molecule has 1 heterocycles. The Hall–Kier alpha value is -2.09. The Morgan fingerprint density at radius 3 is 2.23 bits per heavy atom. The van der Waals surface area contributed by atoms with Crippen molar-refractivity contribution in [2.24, 2.45) is 0 Å². The quantitative estimate of drug-likeness (QED) is 0.553. The molecule has 3 aliphatic rings. The minimum atomic E-state index is -3.74. The number of likely N-dealkylation sites (tertiary alicyclic amines) is 1. The zero-order valence-electron chi connectivity index (χ0n) is 14.9. The third-order valence-electron chi connectivity index (χ3n) is 5.71. The van der Waals surface area contributed by atoms with E-state index < -0.39 is 21.3 Å². The minimum Gasteiger partial charge on any atom is -0.358 e. The van der Waals surface area contributed by atoms with Crippen LogP contribution in [0.15, 0.2) is 6.07 Å². The van der Waals surface area contributed by atoms with Crippen molar-refractivity contribution < 1.29 is 13.2 Å². The third kappa shape index (κ3) is 2.96. The standard InChI is InChI=1S/C18H24N4O3S/c1-11(19)22-9-14(10-22)26(24,25)21-18(23)20-17-15-6-2-4-12(15)8-13-5-3-7-16(13)17/h8,14,19H,2-7,9-10H2,1H3,(H2,20,21,23). The van der Waals surface area contributed by atoms with Crippen molar-refractivity contribution in [3.8, 4) is 0 Å². The molecular weight excluding hydrogens is 352 g/mol. The monoisotopic (exact) mass is 376 g/mol. The molecule has 8 heteroatoms. The number of carbonyl (C=O) groups is 1. The van der Waals surface area contributed by atoms with Gasteiger partial charge in [0.1, 0.15) is 5.25 Å². The Morgan fingerprint density at radius 1 is 1.12 bits per heavy atom. The molecular formula is C18H24N4O3S. The second kappa shape index (κ2) is 6.26. The number of aryl methyl sites for hydroxylation is 2. The molecule has 1 aromatic carbocycles. The predicted molar refractivity (Wildman–Crippen MR) is 100 cm³/mol. The molecule has 0 radical (unpaired) electrons. The van der Waals surface area contributed by atoms with Crippen molar-refractivity contribution in [3.63, 3.8) is 0 Å². The first kappa shape index (κ1) is 17.3. The molecule has 0 atom stereocenters. The van der Waals surface area contributed by atoms with Crippen LogP contribution in [0.2, 0.25) is 0 Å². The number of urea groups is 1. The van der Waals surface area contributed by atoms with Crippen LogP contribution in [0.5, 0.6) is 0 Å². The van der Waals surface area contributed by atoms with Gasteiger partial charge >= 0.3 is 6.03 Å². The summed E-state index contributed by atoms with van der Waals surface area (Å²) in [7, 11) is -3.74. The topological polar surface area (TPSA) is 102 Å². The molecule has 0 unspecified atom stereocenters. The van der Waals surface area contributed by atoms with E-state index >= 15 is 0 Å². The number of nitrogens with one attached hydrogen (secondary N) is 3. The van der Waals surface area contributed by atoms with Gasteiger partial charge in [0.2, 0.25) is 10.0 Å². The number of benzene rings is 1. The lowest BCUT2D eigenvalue weighted by Gasteiger charge is -2.39. The molecule has 0 saturated carbocycles. The Morgan fingerprint density at radius 2 is 1.69 bits per heavy atom. The summed E-state index contributed by atoms with van der Waals surface area (Å²) >= 11 is 0. The lowest BCUT2D eigenvalue weighted by molar-refractivity contribution is 0.255. The van der Waals surface area contributed by atoms with Gasteiger partial charge in [-0.05, 0) is 67.7 Å². The number of fused-ring (bicyclic) bond motifs is 2. The highest BCUT2D eigenvalue weighted by Crippen LogP contribution is 2.38. The number of amidine groups is 1. The normalized spacial score (nSPS) is 18.9. The number of carbonyl (C=O) groups excluding carboxylic acids is 1. The van der Waals surface area contributed by atoms with Gasteiger partial charge in [0.25, 0.3) is 0 Å². The number of anilines is 1. The van der Waals surface area contributed by atoms with E-state index in [-0.39, 0.29) is 13.1 Å². The van der Waals surface area contributed by atoms with Gasteiger partial charge in [0.05, 0.1) is 5.84 Å². The average Bonchev–Trinajstić information content (AvgIpc) is 3.12. The molecule has 140 valence electrons. The maximum absolute atomic E-state index is 12.4. The third-order valence-corrected chi connectivity index (χ3v) is 7.35. The summed E-state index contributed by atoms with van der Waals surface area (Å²) in [5.74, 6) is 0.344. The van der Waals surface area contributed by atoms with Crippen LogP contribution in [-0.4, -0.2) is 43.5 Å². The fourth-order valence-corrected chi connectivity index (χ4v) is 5.46. The van der Waals surface area contributed by atoms with Crippen molar-refractivity contribution in [1.29, 1.82) is 5.41 Å². The van der Waals surface area contributed by atoms with Crippen LogP contribution in [0, 0.1) is 5.41 Å². The highest BCUT2D eigenvalue weighted by molar-refractivity contribution is 7.90. The Kier molecular flexibility index (Phi) is 4.17. The van der Waals surface area contributed by atoms with Crippen molar-refractivity contribution in [1.82, 2.24) is 9.62 Å². The van der Waals surface area contributed by atoms with Crippen LogP contribution in [0.4, 0.5) is 10.5 Å². The molecule has 7 nitrogen and oxygen atoms in total. The highest BCUT2D eigenvalue weighted by Gasteiger charge is 2.38. The van der Waals surface area contributed by atoms with Crippen molar-refractivity contribution in [2.45, 2.75) is 50.7 Å². The first-order valence-corrected chi connectivity index (χ1v) is 10.7. The zero-order valence-corrected chi connectivity index (χ0v) is 15.7. The second-order valence-corrected chi connectivity index (χ2v) is 9.41. The van der Waals surface area contributed by atoms with Crippen LogP contribution in [0.1, 0.15) is 42.0 Å². The molecule has 2 amide bonds. The summed E-state index contributed by atoms with van der Waals surface area (Å²) in [4.78, 5) is 14.1. The van der Waals surface area contributed by atoms with Gasteiger partial charge < -0.3 is 10.2 Å². The molecule has 1 aliphatic heterocycles. The van der Waals surface area contributed by atoms with Gasteiger partial charge in [-0.3, -0.25) is 5.41 Å². The van der Waals surface area contributed by atoms with E-state index in [0.29, 0.717) is 5.84 Å². The molecule has 0 aromatic heterocycles. The van der Waals surface area contributed by atoms with Gasteiger partial charge in [-0.25, -0.2) is 17.9 Å². The van der Waals surface area contributed by atoms with E-state index in [1.165, 1.54) is 22.3 Å². The van der Waals surface area contributed by atoms with Crippen LogP contribution in [0.25, 0.3) is 0 Å². The number of amides is 2. The first-order valence-electron chi connectivity index (χ1n) is 9.14. The molecule has 4 rings (SSSR count). The Bertz CT molecular complexity index is 856. The SMILES string of the molecule is CC(=N)N1CC(S(=O)(=O)NC(=O)Nc2c3c(cc4c2CCC4)CCC3)C1. The van der Waals surface area contributed by atoms with E-state index in [1.54, 1.807) is 11.8 Å². The van der Waals surface area contributed by atoms with Crippen LogP contribution in [-0.2, 0) is 35.7 Å². The summed E-state index contributed by atoms with van der Waals surface area (Å²) in [5, 5.41) is 9.71. The lowest BCUT2D eigenvalue weighted by Crippen LogP contribution is -2.59. The van der Waals surface area contributed by atoms with Crippen molar-refractivity contribution in [3.05, 3.63) is 28.3 Å². The van der Waals surface area contributed by atoms with Gasteiger partial charge in [-0.1, -0.05) is 6.07 Å². The van der Waals surface area contributed by atoms with Crippen molar-refractivity contribution >= 4 is 27.6 Å². The van der Waals surface area contributed by atoms with Gasteiger partial charge in [-0.15, -0.1) is 0 Å². The fourth-order valence-electron chi connectivity index (χ4n) is 4.23. The van der Waals surface area contributed by atoms with E-state index in [0.717, 1.165) is 44.2 Å². The number of nitrogens with zero attached hydrogens (tertiary/aromatic N) is 1. The van der Waals surface area contributed by atoms with Crippen LogP contribution in [0.3, 0.4) is 0 Å². The average molecular weight is 376 g/mol. The lowest BCUT2D eigenvalue weighted by atomic mass is 9.99. The summed E-state index contributed by atoms with van der Waals surface area (Å²) in [6, 6.07) is 1.59. The van der Waals surface area contributed by atoms with Gasteiger partial charge in [0.15, 0.2) is 0 Å². The van der Waals surface area contributed by atoms with Crippen LogP contribution >= 0.6 is 0 Å². The Labute approximate surface area is 153 Å². The maximum atomic E-state index is 12.4. The van der Waals surface area contributed by atoms with E-state index in [1.807, 2.05) is 0 Å². The van der Waals surface area contributed by atoms with E-state index in [9.17, 15) is 13.2 Å². The predicted octanol–water partition coefficient (Wildman–Crippen LogP) is 1.80. The number of sulfonamides is 1. The summed E-state index contributed by atoms with van der Waals surface area (Å²) in [6.07, 6.45) is 6.07. The molecule has 1 fully saturated rings. The first-order chi connectivity index (χ1) is 12.3. The molecule has 1 aromatic rings. The molecule has 2 aliphatic carbocycles. The van der Waals surface area contributed by atoms with Crippen molar-refractivity contribution in [2.75, 3.05) is 18.4 Å². The summed E-state index contributed by atoms with van der Waals surface area (Å²) in [6.45, 7) is 2.14. The Balaban J connectivity index is 1.49. The highest BCUT2D eigenvalue weighted by atomic mass is 32.2. The van der Waals surface area contributed by atoms with Crippen LogP contribution < -0.4 is 10.0 Å². The van der Waals surface area contributed by atoms with E-state index in [4.69, 9.17) is 5.41 Å². The molecule has 3 N–H and O–H groups in total. The molecule has 0 bridgehead atoms. The fraction of sp³-hybridized carbons (Fsp3) is 0.556. The number of hydrogen-bond donors (Lipinski definition) is 3. The smallest absolute Gasteiger partial charge is 0.332 e. The molecule has 1 saturated heterocycles. The van der Waals surface area contributed by atoms with Gasteiger partial charge in [-0.2, -0.15) is 0 Å². The molecule has 26 heavy (non-hydrogen) atoms.